The van der Waals surface area contributed by atoms with Gasteiger partial charge in [-0.25, -0.2) is 4.79 Å². The van der Waals surface area contributed by atoms with E-state index >= 15 is 0 Å². The Kier molecular flexibility index (Phi) is 6.53. The summed E-state index contributed by atoms with van der Waals surface area (Å²) >= 11 is 0. The van der Waals surface area contributed by atoms with Gasteiger partial charge in [0.2, 0.25) is 0 Å². The second-order valence-corrected chi connectivity index (χ2v) is 7.55. The molecule has 0 saturated heterocycles. The summed E-state index contributed by atoms with van der Waals surface area (Å²) in [4.78, 5) is 22.8. The number of nitrogens with zero attached hydrogens (tertiary/aromatic N) is 1. The quantitative estimate of drug-likeness (QED) is 0.355. The lowest BCUT2D eigenvalue weighted by Gasteiger charge is -2.37. The first-order chi connectivity index (χ1) is 12.2. The number of hydrogen-bond donors (Lipinski definition) is 1. The number of aliphatic hydroxyl groups is 1. The third-order valence-corrected chi connectivity index (χ3v) is 5.21. The zero-order chi connectivity index (χ0) is 19.4. The Morgan fingerprint density at radius 3 is 2.69 bits per heavy atom. The second-order valence-electron chi connectivity index (χ2n) is 7.55. The minimum Gasteiger partial charge on any atom is -0.459 e. The molecule has 1 aliphatic carbocycles. The largest absolute Gasteiger partial charge is 0.459 e. The van der Waals surface area contributed by atoms with E-state index in [4.69, 9.17) is 4.74 Å². The Labute approximate surface area is 154 Å². The molecule has 1 fully saturated rings. The molecule has 0 aromatic heterocycles. The van der Waals surface area contributed by atoms with E-state index in [0.29, 0.717) is 11.8 Å². The maximum atomic E-state index is 12.5. The molecule has 142 valence electrons. The van der Waals surface area contributed by atoms with Crippen molar-refractivity contribution < 1.29 is 19.6 Å². The van der Waals surface area contributed by atoms with Gasteiger partial charge in [0.1, 0.15) is 12.2 Å². The van der Waals surface area contributed by atoms with Gasteiger partial charge in [0.05, 0.1) is 10.5 Å². The summed E-state index contributed by atoms with van der Waals surface area (Å²) in [5.41, 5.74) is -0.00602. The minimum atomic E-state index is -1.33. The number of non-ortho nitro benzene ring substituents is 1. The van der Waals surface area contributed by atoms with Crippen molar-refractivity contribution in [1.82, 2.24) is 0 Å². The van der Waals surface area contributed by atoms with Crippen LogP contribution in [0.15, 0.2) is 36.4 Å². The monoisotopic (exact) mass is 361 g/mol. The van der Waals surface area contributed by atoms with E-state index < -0.39 is 17.0 Å². The third-order valence-electron chi connectivity index (χ3n) is 5.21. The molecule has 0 spiro atoms. The highest BCUT2D eigenvalue weighted by atomic mass is 16.6. The van der Waals surface area contributed by atoms with Crippen molar-refractivity contribution in [2.45, 2.75) is 52.2 Å². The Bertz CT molecular complexity index is 685. The third kappa shape index (κ3) is 4.69. The summed E-state index contributed by atoms with van der Waals surface area (Å²) in [5.74, 6) is 0.527. The lowest BCUT2D eigenvalue weighted by atomic mass is 9.75. The Balaban J connectivity index is 2.09. The van der Waals surface area contributed by atoms with Crippen LogP contribution >= 0.6 is 0 Å². The van der Waals surface area contributed by atoms with Crippen molar-refractivity contribution >= 4 is 11.7 Å². The van der Waals surface area contributed by atoms with Gasteiger partial charge in [-0.2, -0.15) is 0 Å². The maximum Gasteiger partial charge on any atom is 0.336 e. The molecule has 1 aromatic carbocycles. The first kappa shape index (κ1) is 20.1. The van der Waals surface area contributed by atoms with E-state index in [-0.39, 0.29) is 28.8 Å². The lowest BCUT2D eigenvalue weighted by molar-refractivity contribution is -0.385. The van der Waals surface area contributed by atoms with E-state index in [0.717, 1.165) is 19.3 Å². The van der Waals surface area contributed by atoms with Gasteiger partial charge >= 0.3 is 5.97 Å². The average Bonchev–Trinajstić information content (AvgIpc) is 2.60. The van der Waals surface area contributed by atoms with Gasteiger partial charge in [-0.05, 0) is 36.2 Å². The molecule has 0 aliphatic heterocycles. The van der Waals surface area contributed by atoms with Crippen LogP contribution in [0.2, 0.25) is 0 Å². The van der Waals surface area contributed by atoms with Crippen LogP contribution in [-0.2, 0) is 9.53 Å². The number of carbonyl (C=O) groups excluding carboxylic acids is 1. The van der Waals surface area contributed by atoms with Crippen LogP contribution in [0, 0.1) is 27.9 Å². The van der Waals surface area contributed by atoms with Crippen molar-refractivity contribution in [3.8, 4) is 0 Å². The van der Waals surface area contributed by atoms with Gasteiger partial charge < -0.3 is 9.84 Å². The lowest BCUT2D eigenvalue weighted by Crippen LogP contribution is -2.36. The fourth-order valence-corrected chi connectivity index (χ4v) is 3.58. The molecule has 6 heteroatoms. The highest BCUT2D eigenvalue weighted by molar-refractivity contribution is 5.89. The normalized spacial score (nSPS) is 24.1. The molecule has 0 radical (unpaired) electrons. The van der Waals surface area contributed by atoms with Crippen molar-refractivity contribution in [1.29, 1.82) is 0 Å². The number of nitro benzene ring substituents is 1. The first-order valence-electron chi connectivity index (χ1n) is 9.02. The van der Waals surface area contributed by atoms with Crippen LogP contribution in [0.5, 0.6) is 0 Å². The molecule has 6 nitrogen and oxygen atoms in total. The van der Waals surface area contributed by atoms with Crippen molar-refractivity contribution in [2.75, 3.05) is 0 Å². The van der Waals surface area contributed by atoms with Crippen LogP contribution in [0.4, 0.5) is 5.69 Å². The van der Waals surface area contributed by atoms with E-state index in [2.05, 4.69) is 27.4 Å². The van der Waals surface area contributed by atoms with Crippen LogP contribution < -0.4 is 0 Å². The summed E-state index contributed by atoms with van der Waals surface area (Å²) < 4.78 is 5.69. The number of aliphatic hydroxyl groups excluding tert-OH is 1. The number of ether oxygens (including phenoxy) is 1. The zero-order valence-electron chi connectivity index (χ0n) is 15.6. The molecular formula is C20H27NO5. The van der Waals surface area contributed by atoms with Gasteiger partial charge in [0.25, 0.3) is 5.69 Å². The van der Waals surface area contributed by atoms with Gasteiger partial charge in [0, 0.05) is 12.1 Å². The Morgan fingerprint density at radius 1 is 1.38 bits per heavy atom. The molecule has 2 rings (SSSR count). The molecule has 0 heterocycles. The fraction of sp³-hybridized carbons (Fsp3) is 0.550. The Morgan fingerprint density at radius 2 is 2.08 bits per heavy atom. The van der Waals surface area contributed by atoms with Crippen molar-refractivity contribution in [2.24, 2.45) is 17.8 Å². The molecule has 1 aliphatic rings. The number of esters is 1. The minimum absolute atomic E-state index is 0.105. The standard InChI is InChI=1S/C20H27NO5/c1-12(2)17-9-8-13(3)10-18(17)26-20(23)14(4)19(22)15-6-5-7-16(11-15)21(24)25/h5-7,11-13,17-19,22H,4,8-10H2,1-3H3/t13-,17+,18-,19+/m0/s1. The highest BCUT2D eigenvalue weighted by Crippen LogP contribution is 2.36. The summed E-state index contributed by atoms with van der Waals surface area (Å²) in [6.07, 6.45) is 1.40. The van der Waals surface area contributed by atoms with E-state index in [1.165, 1.54) is 24.3 Å². The topological polar surface area (TPSA) is 89.7 Å². The molecule has 1 saturated carbocycles. The summed E-state index contributed by atoms with van der Waals surface area (Å²) in [6, 6.07) is 5.55. The van der Waals surface area contributed by atoms with Gasteiger partial charge in [-0.15, -0.1) is 0 Å². The second kappa shape index (κ2) is 8.45. The smallest absolute Gasteiger partial charge is 0.336 e. The molecule has 0 amide bonds. The molecule has 1 N–H and O–H groups in total. The number of benzene rings is 1. The van der Waals surface area contributed by atoms with Crippen LogP contribution in [0.25, 0.3) is 0 Å². The zero-order valence-corrected chi connectivity index (χ0v) is 15.6. The predicted molar refractivity (Wildman–Crippen MR) is 98.4 cm³/mol. The highest BCUT2D eigenvalue weighted by Gasteiger charge is 2.34. The number of nitro groups is 1. The number of carbonyl (C=O) groups is 1. The maximum absolute atomic E-state index is 12.5. The molecular weight excluding hydrogens is 334 g/mol. The van der Waals surface area contributed by atoms with Crippen LogP contribution in [-0.4, -0.2) is 22.1 Å². The number of hydrogen-bond acceptors (Lipinski definition) is 5. The van der Waals surface area contributed by atoms with Crippen molar-refractivity contribution in [3.05, 3.63) is 52.1 Å². The van der Waals surface area contributed by atoms with E-state index in [1.807, 2.05) is 0 Å². The molecule has 26 heavy (non-hydrogen) atoms. The van der Waals surface area contributed by atoms with Crippen LogP contribution in [0.1, 0.15) is 51.7 Å². The molecule has 0 bridgehead atoms. The summed E-state index contributed by atoms with van der Waals surface area (Å²) in [6.45, 7) is 10.0. The summed E-state index contributed by atoms with van der Waals surface area (Å²) in [5, 5.41) is 21.3. The predicted octanol–water partition coefficient (Wildman–Crippen LogP) is 4.19. The number of rotatable bonds is 6. The SMILES string of the molecule is C=C(C(=O)O[C@H]1C[C@@H](C)CC[C@@H]1C(C)C)[C@@H](O)c1cccc([N+](=O)[O-])c1. The average molecular weight is 361 g/mol. The fourth-order valence-electron chi connectivity index (χ4n) is 3.58. The first-order valence-corrected chi connectivity index (χ1v) is 9.02. The molecule has 4 atom stereocenters. The van der Waals surface area contributed by atoms with Gasteiger partial charge in [-0.3, -0.25) is 10.1 Å². The van der Waals surface area contributed by atoms with E-state index in [1.54, 1.807) is 0 Å². The van der Waals surface area contributed by atoms with Crippen molar-refractivity contribution in [3.63, 3.8) is 0 Å². The summed E-state index contributed by atoms with van der Waals surface area (Å²) in [7, 11) is 0. The van der Waals surface area contributed by atoms with Gasteiger partial charge in [-0.1, -0.05) is 45.9 Å². The van der Waals surface area contributed by atoms with Crippen LogP contribution in [0.3, 0.4) is 0 Å². The Hall–Kier alpha value is -2.21. The molecule has 1 aromatic rings. The van der Waals surface area contributed by atoms with E-state index in [9.17, 15) is 20.0 Å². The van der Waals surface area contributed by atoms with Gasteiger partial charge in [0.15, 0.2) is 0 Å². The molecule has 0 unspecified atom stereocenters.